The van der Waals surface area contributed by atoms with Crippen molar-refractivity contribution in [1.82, 2.24) is 0 Å². The highest BCUT2D eigenvalue weighted by molar-refractivity contribution is 5.94. The zero-order chi connectivity index (χ0) is 17.7. The normalized spacial score (nSPS) is 10.8. The van der Waals surface area contributed by atoms with Crippen molar-refractivity contribution >= 4 is 28.9 Å². The Bertz CT molecular complexity index is 714. The molecule has 24 heavy (non-hydrogen) atoms. The Morgan fingerprint density at radius 1 is 0.833 bits per heavy atom. The fourth-order valence-electron chi connectivity index (χ4n) is 2.01. The van der Waals surface area contributed by atoms with Crippen LogP contribution in [0.5, 0.6) is 0 Å². The minimum atomic E-state index is -0.530. The van der Waals surface area contributed by atoms with Crippen LogP contribution in [0.3, 0.4) is 0 Å². The molecule has 0 fully saturated rings. The molecule has 5 heteroatoms. The van der Waals surface area contributed by atoms with E-state index in [1.54, 1.807) is 31.2 Å². The number of carbonyl (C=O) groups is 2. The number of ketones is 1. The average Bonchev–Trinajstić information content (AvgIpc) is 2.48. The third-order valence-electron chi connectivity index (χ3n) is 3.11. The third-order valence-corrected chi connectivity index (χ3v) is 3.11. The standard InChI is InChI=1S/C19H22N2O3/c1-13(22)14-5-7-15(8-6-14)20-16-9-11-17(12-10-16)21-18(23)24-19(2,3)4/h5-12,20H,1-4H3,(H,21,23). The molecule has 2 rings (SSSR count). The molecule has 2 aromatic carbocycles. The van der Waals surface area contributed by atoms with Crippen molar-refractivity contribution in [3.8, 4) is 0 Å². The van der Waals surface area contributed by atoms with Crippen LogP contribution < -0.4 is 10.6 Å². The molecule has 2 aromatic rings. The van der Waals surface area contributed by atoms with Gasteiger partial charge in [0.25, 0.3) is 0 Å². The van der Waals surface area contributed by atoms with E-state index >= 15 is 0 Å². The summed E-state index contributed by atoms with van der Waals surface area (Å²) >= 11 is 0. The van der Waals surface area contributed by atoms with Crippen LogP contribution in [0.2, 0.25) is 0 Å². The zero-order valence-corrected chi connectivity index (χ0v) is 14.3. The Morgan fingerprint density at radius 3 is 1.75 bits per heavy atom. The van der Waals surface area contributed by atoms with E-state index in [1.807, 2.05) is 45.0 Å². The number of anilines is 3. The van der Waals surface area contributed by atoms with Crippen LogP contribution in [0, 0.1) is 0 Å². The van der Waals surface area contributed by atoms with Crippen molar-refractivity contribution in [1.29, 1.82) is 0 Å². The van der Waals surface area contributed by atoms with E-state index in [0.29, 0.717) is 11.3 Å². The lowest BCUT2D eigenvalue weighted by Crippen LogP contribution is -2.27. The fraction of sp³-hybridized carbons (Fsp3) is 0.263. The van der Waals surface area contributed by atoms with Gasteiger partial charge in [-0.2, -0.15) is 0 Å². The van der Waals surface area contributed by atoms with Crippen LogP contribution in [-0.2, 0) is 4.74 Å². The molecule has 0 aliphatic heterocycles. The van der Waals surface area contributed by atoms with E-state index in [4.69, 9.17) is 4.74 Å². The molecule has 0 heterocycles. The first kappa shape index (κ1) is 17.5. The van der Waals surface area contributed by atoms with Crippen LogP contribution in [0.1, 0.15) is 38.1 Å². The van der Waals surface area contributed by atoms with Crippen LogP contribution in [0.15, 0.2) is 48.5 Å². The Morgan fingerprint density at radius 2 is 1.29 bits per heavy atom. The van der Waals surface area contributed by atoms with Gasteiger partial charge in [-0.05, 0) is 76.2 Å². The lowest BCUT2D eigenvalue weighted by molar-refractivity contribution is 0.0635. The van der Waals surface area contributed by atoms with Crippen molar-refractivity contribution in [2.24, 2.45) is 0 Å². The first-order valence-electron chi connectivity index (χ1n) is 7.71. The molecular weight excluding hydrogens is 304 g/mol. The molecule has 0 radical (unpaired) electrons. The van der Waals surface area contributed by atoms with E-state index < -0.39 is 11.7 Å². The molecule has 0 saturated carbocycles. The Labute approximate surface area is 142 Å². The zero-order valence-electron chi connectivity index (χ0n) is 14.3. The average molecular weight is 326 g/mol. The van der Waals surface area contributed by atoms with E-state index in [2.05, 4.69) is 10.6 Å². The first-order valence-corrected chi connectivity index (χ1v) is 7.71. The molecule has 0 atom stereocenters. The van der Waals surface area contributed by atoms with Gasteiger partial charge >= 0.3 is 6.09 Å². The van der Waals surface area contributed by atoms with E-state index in [1.165, 1.54) is 0 Å². The summed E-state index contributed by atoms with van der Waals surface area (Å²) in [6, 6.07) is 14.5. The monoisotopic (exact) mass is 326 g/mol. The molecule has 1 amide bonds. The lowest BCUT2D eigenvalue weighted by Gasteiger charge is -2.19. The second-order valence-electron chi connectivity index (χ2n) is 6.46. The van der Waals surface area contributed by atoms with Gasteiger partial charge in [0.05, 0.1) is 0 Å². The number of ether oxygens (including phenoxy) is 1. The Hall–Kier alpha value is -2.82. The molecule has 0 aromatic heterocycles. The summed E-state index contributed by atoms with van der Waals surface area (Å²) in [4.78, 5) is 23.0. The Balaban J connectivity index is 1.96. The molecular formula is C19H22N2O3. The highest BCUT2D eigenvalue weighted by atomic mass is 16.6. The predicted octanol–water partition coefficient (Wildman–Crippen LogP) is 4.98. The van der Waals surface area contributed by atoms with Crippen molar-refractivity contribution in [3.63, 3.8) is 0 Å². The quantitative estimate of drug-likeness (QED) is 0.778. The van der Waals surface area contributed by atoms with Crippen LogP contribution in [0.25, 0.3) is 0 Å². The SMILES string of the molecule is CC(=O)c1ccc(Nc2ccc(NC(=O)OC(C)(C)C)cc2)cc1. The maximum atomic E-state index is 11.7. The summed E-state index contributed by atoms with van der Waals surface area (Å²) in [5.74, 6) is 0.0409. The summed E-state index contributed by atoms with van der Waals surface area (Å²) in [6.45, 7) is 6.99. The second kappa shape index (κ2) is 7.17. The van der Waals surface area contributed by atoms with E-state index in [-0.39, 0.29) is 5.78 Å². The van der Waals surface area contributed by atoms with Gasteiger partial charge in [-0.1, -0.05) is 0 Å². The molecule has 126 valence electrons. The summed E-state index contributed by atoms with van der Waals surface area (Å²) in [5.41, 5.74) is 2.56. The van der Waals surface area contributed by atoms with Crippen molar-refractivity contribution < 1.29 is 14.3 Å². The van der Waals surface area contributed by atoms with Crippen LogP contribution >= 0.6 is 0 Å². The highest BCUT2D eigenvalue weighted by Gasteiger charge is 2.16. The van der Waals surface area contributed by atoms with Gasteiger partial charge in [0.1, 0.15) is 5.60 Å². The van der Waals surface area contributed by atoms with Crippen molar-refractivity contribution in [3.05, 3.63) is 54.1 Å². The number of Topliss-reactive ketones (excluding diaryl/α,β-unsaturated/α-hetero) is 1. The molecule has 0 saturated heterocycles. The number of carbonyl (C=O) groups excluding carboxylic acids is 2. The van der Waals surface area contributed by atoms with Gasteiger partial charge in [-0.25, -0.2) is 4.79 Å². The van der Waals surface area contributed by atoms with Crippen LogP contribution in [-0.4, -0.2) is 17.5 Å². The summed E-state index contributed by atoms with van der Waals surface area (Å²) in [6.07, 6.45) is -0.483. The lowest BCUT2D eigenvalue weighted by atomic mass is 10.1. The summed E-state index contributed by atoms with van der Waals surface area (Å²) < 4.78 is 5.20. The molecule has 0 aliphatic rings. The smallest absolute Gasteiger partial charge is 0.412 e. The molecule has 0 bridgehead atoms. The number of amides is 1. The summed E-state index contributed by atoms with van der Waals surface area (Å²) in [7, 11) is 0. The van der Waals surface area contributed by atoms with Gasteiger partial charge in [0.15, 0.2) is 5.78 Å². The topological polar surface area (TPSA) is 67.4 Å². The number of rotatable bonds is 4. The molecule has 0 aliphatic carbocycles. The van der Waals surface area contributed by atoms with Crippen molar-refractivity contribution in [2.45, 2.75) is 33.3 Å². The minimum Gasteiger partial charge on any atom is -0.444 e. The van der Waals surface area contributed by atoms with E-state index in [9.17, 15) is 9.59 Å². The van der Waals surface area contributed by atoms with Crippen molar-refractivity contribution in [2.75, 3.05) is 10.6 Å². The molecule has 2 N–H and O–H groups in total. The Kier molecular flexibility index (Phi) is 5.24. The van der Waals surface area contributed by atoms with Gasteiger partial charge in [0.2, 0.25) is 0 Å². The first-order chi connectivity index (χ1) is 11.2. The number of hydrogen-bond acceptors (Lipinski definition) is 4. The highest BCUT2D eigenvalue weighted by Crippen LogP contribution is 2.20. The maximum Gasteiger partial charge on any atom is 0.412 e. The number of benzene rings is 2. The fourth-order valence-corrected chi connectivity index (χ4v) is 2.01. The third kappa shape index (κ3) is 5.43. The van der Waals surface area contributed by atoms with Gasteiger partial charge in [0, 0.05) is 22.6 Å². The second-order valence-corrected chi connectivity index (χ2v) is 6.46. The molecule has 5 nitrogen and oxygen atoms in total. The maximum absolute atomic E-state index is 11.7. The predicted molar refractivity (Wildman–Crippen MR) is 96.0 cm³/mol. The molecule has 0 unspecified atom stereocenters. The summed E-state index contributed by atoms with van der Waals surface area (Å²) in [5, 5.41) is 5.92. The molecule has 0 spiro atoms. The minimum absolute atomic E-state index is 0.0409. The van der Waals surface area contributed by atoms with Gasteiger partial charge in [-0.15, -0.1) is 0 Å². The number of nitrogens with one attached hydrogen (secondary N) is 2. The number of hydrogen-bond donors (Lipinski definition) is 2. The van der Waals surface area contributed by atoms with E-state index in [0.717, 1.165) is 11.4 Å². The van der Waals surface area contributed by atoms with Gasteiger partial charge in [-0.3, -0.25) is 10.1 Å². The van der Waals surface area contributed by atoms with Gasteiger partial charge < -0.3 is 10.1 Å². The largest absolute Gasteiger partial charge is 0.444 e. The van der Waals surface area contributed by atoms with Crippen LogP contribution in [0.4, 0.5) is 21.9 Å².